The lowest BCUT2D eigenvalue weighted by Crippen LogP contribution is -2.32. The van der Waals surface area contributed by atoms with Crippen molar-refractivity contribution in [3.8, 4) is 5.75 Å². The van der Waals surface area contributed by atoms with Crippen molar-refractivity contribution in [2.75, 3.05) is 33.3 Å². The highest BCUT2D eigenvalue weighted by Gasteiger charge is 2.38. The molecule has 1 aromatic rings. The van der Waals surface area contributed by atoms with Crippen LogP contribution in [0, 0.1) is 11.8 Å². The van der Waals surface area contributed by atoms with Crippen molar-refractivity contribution >= 4 is 5.91 Å². The van der Waals surface area contributed by atoms with Crippen LogP contribution in [0.2, 0.25) is 0 Å². The summed E-state index contributed by atoms with van der Waals surface area (Å²) in [5.74, 6) is 1.84. The highest BCUT2D eigenvalue weighted by atomic mass is 16.5. The molecule has 3 heterocycles. The van der Waals surface area contributed by atoms with Crippen LogP contribution in [-0.2, 0) is 0 Å². The maximum absolute atomic E-state index is 12.5. The van der Waals surface area contributed by atoms with Crippen molar-refractivity contribution in [2.45, 2.75) is 0 Å². The van der Waals surface area contributed by atoms with Crippen molar-refractivity contribution in [3.05, 3.63) is 24.0 Å². The highest BCUT2D eigenvalue weighted by Crippen LogP contribution is 2.28. The van der Waals surface area contributed by atoms with Crippen LogP contribution < -0.4 is 10.1 Å². The number of hydrogen-bond donors (Lipinski definition) is 1. The Morgan fingerprint density at radius 3 is 2.83 bits per heavy atom. The summed E-state index contributed by atoms with van der Waals surface area (Å²) in [5, 5.41) is 3.37. The van der Waals surface area contributed by atoms with E-state index in [1.165, 1.54) is 0 Å². The van der Waals surface area contributed by atoms with E-state index >= 15 is 0 Å². The second-order valence-corrected chi connectivity index (χ2v) is 4.96. The number of fused-ring (bicyclic) bond motifs is 1. The maximum atomic E-state index is 12.5. The summed E-state index contributed by atoms with van der Waals surface area (Å²) in [5.41, 5.74) is 0.612. The molecule has 2 atom stereocenters. The van der Waals surface area contributed by atoms with Crippen molar-refractivity contribution < 1.29 is 9.53 Å². The Balaban J connectivity index is 1.79. The van der Waals surface area contributed by atoms with Crippen LogP contribution in [0.25, 0.3) is 0 Å². The molecule has 1 aromatic heterocycles. The molecule has 2 fully saturated rings. The van der Waals surface area contributed by atoms with Crippen LogP contribution >= 0.6 is 0 Å². The van der Waals surface area contributed by atoms with Crippen LogP contribution in [0.5, 0.6) is 5.75 Å². The summed E-state index contributed by atoms with van der Waals surface area (Å²) >= 11 is 0. The van der Waals surface area contributed by atoms with E-state index in [0.29, 0.717) is 23.1 Å². The number of methoxy groups -OCH3 is 1. The van der Waals surface area contributed by atoms with Crippen LogP contribution in [0.4, 0.5) is 0 Å². The van der Waals surface area contributed by atoms with Crippen LogP contribution in [0.1, 0.15) is 10.4 Å². The third kappa shape index (κ3) is 1.84. The number of carbonyl (C=O) groups is 1. The first kappa shape index (κ1) is 11.5. The highest BCUT2D eigenvalue weighted by molar-refractivity contribution is 5.97. The first-order valence-corrected chi connectivity index (χ1v) is 6.27. The second-order valence-electron chi connectivity index (χ2n) is 4.96. The Morgan fingerprint density at radius 2 is 2.17 bits per heavy atom. The minimum Gasteiger partial charge on any atom is -0.494 e. The van der Waals surface area contributed by atoms with Crippen molar-refractivity contribution in [1.29, 1.82) is 0 Å². The van der Waals surface area contributed by atoms with E-state index in [4.69, 9.17) is 4.74 Å². The molecule has 0 spiro atoms. The zero-order valence-electron chi connectivity index (χ0n) is 10.4. The minimum absolute atomic E-state index is 0.0589. The monoisotopic (exact) mass is 247 g/mol. The summed E-state index contributed by atoms with van der Waals surface area (Å²) < 4.78 is 5.20. The number of rotatable bonds is 2. The van der Waals surface area contributed by atoms with Crippen molar-refractivity contribution in [1.82, 2.24) is 15.2 Å². The fourth-order valence-electron chi connectivity index (χ4n) is 2.91. The number of aromatic nitrogens is 1. The van der Waals surface area contributed by atoms with Crippen molar-refractivity contribution in [3.63, 3.8) is 0 Å². The van der Waals surface area contributed by atoms with E-state index in [0.717, 1.165) is 26.2 Å². The topological polar surface area (TPSA) is 54.5 Å². The third-order valence-corrected chi connectivity index (χ3v) is 3.91. The molecular weight excluding hydrogens is 230 g/mol. The average Bonchev–Trinajstić information content (AvgIpc) is 2.98. The van der Waals surface area contributed by atoms with Gasteiger partial charge >= 0.3 is 0 Å². The third-order valence-electron chi connectivity index (χ3n) is 3.91. The number of likely N-dealkylation sites (tertiary alicyclic amines) is 1. The maximum Gasteiger partial charge on any atom is 0.257 e. The fraction of sp³-hybridized carbons (Fsp3) is 0.538. The smallest absolute Gasteiger partial charge is 0.257 e. The molecule has 1 amide bonds. The summed E-state index contributed by atoms with van der Waals surface area (Å²) in [4.78, 5) is 18.4. The van der Waals surface area contributed by atoms with Gasteiger partial charge in [0.05, 0.1) is 18.9 Å². The molecule has 1 N–H and O–H groups in total. The lowest BCUT2D eigenvalue weighted by Gasteiger charge is -2.18. The van der Waals surface area contributed by atoms with Gasteiger partial charge in [-0.1, -0.05) is 0 Å². The quantitative estimate of drug-likeness (QED) is 0.821. The molecule has 0 aromatic carbocycles. The lowest BCUT2D eigenvalue weighted by atomic mass is 10.0. The molecule has 0 aliphatic carbocycles. The largest absolute Gasteiger partial charge is 0.494 e. The Labute approximate surface area is 106 Å². The van der Waals surface area contributed by atoms with Gasteiger partial charge in [-0.05, 0) is 17.9 Å². The van der Waals surface area contributed by atoms with E-state index in [2.05, 4.69) is 10.3 Å². The second kappa shape index (κ2) is 4.57. The van der Waals surface area contributed by atoms with Gasteiger partial charge in [0.15, 0.2) is 0 Å². The van der Waals surface area contributed by atoms with Gasteiger partial charge in [-0.15, -0.1) is 0 Å². The molecule has 18 heavy (non-hydrogen) atoms. The zero-order valence-corrected chi connectivity index (χ0v) is 10.4. The predicted octanol–water partition coefficient (Wildman–Crippen LogP) is 0.382. The first-order chi connectivity index (χ1) is 8.79. The average molecular weight is 247 g/mol. The molecule has 2 aliphatic rings. The molecule has 0 radical (unpaired) electrons. The van der Waals surface area contributed by atoms with Gasteiger partial charge in [-0.3, -0.25) is 9.78 Å². The molecule has 5 nitrogen and oxygen atoms in total. The molecule has 2 saturated heterocycles. The van der Waals surface area contributed by atoms with Gasteiger partial charge in [0.1, 0.15) is 5.75 Å². The summed E-state index contributed by atoms with van der Waals surface area (Å²) in [6.45, 7) is 3.76. The Bertz CT molecular complexity index is 451. The Kier molecular flexibility index (Phi) is 2.91. The van der Waals surface area contributed by atoms with E-state index in [-0.39, 0.29) is 5.91 Å². The molecule has 0 saturated carbocycles. The molecule has 2 aliphatic heterocycles. The molecule has 2 unspecified atom stereocenters. The summed E-state index contributed by atoms with van der Waals surface area (Å²) in [6, 6.07) is 1.73. The van der Waals surface area contributed by atoms with Crippen LogP contribution in [-0.4, -0.2) is 49.1 Å². The predicted molar refractivity (Wildman–Crippen MR) is 66.5 cm³/mol. The standard InChI is InChI=1S/C13H17N3O2/c1-18-12-6-14-3-2-11(12)13(17)16-7-9-4-15-5-10(9)8-16/h2-3,6,9-10,15H,4-5,7-8H2,1H3. The van der Waals surface area contributed by atoms with E-state index < -0.39 is 0 Å². The van der Waals surface area contributed by atoms with E-state index in [1.807, 2.05) is 4.90 Å². The number of nitrogens with zero attached hydrogens (tertiary/aromatic N) is 2. The molecular formula is C13H17N3O2. The van der Waals surface area contributed by atoms with Gasteiger partial charge in [-0.2, -0.15) is 0 Å². The lowest BCUT2D eigenvalue weighted by molar-refractivity contribution is 0.0778. The first-order valence-electron chi connectivity index (χ1n) is 6.27. The molecule has 96 valence electrons. The number of carbonyl (C=O) groups excluding carboxylic acids is 1. The zero-order chi connectivity index (χ0) is 12.5. The summed E-state index contributed by atoms with van der Waals surface area (Å²) in [6.07, 6.45) is 3.22. The molecule has 3 rings (SSSR count). The van der Waals surface area contributed by atoms with E-state index in [1.54, 1.807) is 25.6 Å². The number of amides is 1. The minimum atomic E-state index is 0.0589. The van der Waals surface area contributed by atoms with Gasteiger partial charge < -0.3 is 15.0 Å². The molecule has 5 heteroatoms. The fourth-order valence-corrected chi connectivity index (χ4v) is 2.91. The van der Waals surface area contributed by atoms with Gasteiger partial charge in [-0.25, -0.2) is 0 Å². The Hall–Kier alpha value is -1.62. The number of hydrogen-bond acceptors (Lipinski definition) is 4. The SMILES string of the molecule is COc1cnccc1C(=O)N1CC2CNCC2C1. The van der Waals surface area contributed by atoms with E-state index in [9.17, 15) is 4.79 Å². The number of nitrogens with one attached hydrogen (secondary N) is 1. The van der Waals surface area contributed by atoms with Gasteiger partial charge in [0.25, 0.3) is 5.91 Å². The Morgan fingerprint density at radius 1 is 1.44 bits per heavy atom. The van der Waals surface area contributed by atoms with Crippen LogP contribution in [0.15, 0.2) is 18.5 Å². The van der Waals surface area contributed by atoms with Gasteiger partial charge in [0, 0.05) is 32.4 Å². The number of ether oxygens (including phenoxy) is 1. The normalized spacial score (nSPS) is 26.2. The van der Waals surface area contributed by atoms with Crippen molar-refractivity contribution in [2.24, 2.45) is 11.8 Å². The molecule has 0 bridgehead atoms. The van der Waals surface area contributed by atoms with Crippen LogP contribution in [0.3, 0.4) is 0 Å². The number of pyridine rings is 1. The van der Waals surface area contributed by atoms with Gasteiger partial charge in [0.2, 0.25) is 0 Å². The summed E-state index contributed by atoms with van der Waals surface area (Å²) in [7, 11) is 1.57.